The Morgan fingerprint density at radius 1 is 1.02 bits per heavy atom. The maximum atomic E-state index is 13.5. The molecule has 220 valence electrons. The van der Waals surface area contributed by atoms with Gasteiger partial charge in [-0.15, -0.1) is 0 Å². The lowest BCUT2D eigenvalue weighted by atomic mass is 9.75. The van der Waals surface area contributed by atoms with Crippen molar-refractivity contribution in [3.8, 4) is 0 Å². The number of anilines is 2. The second kappa shape index (κ2) is 9.86. The van der Waals surface area contributed by atoms with Crippen LogP contribution in [0.3, 0.4) is 0 Å². The molecule has 1 aromatic rings. The van der Waals surface area contributed by atoms with Gasteiger partial charge in [-0.2, -0.15) is 22.0 Å². The smallest absolute Gasteiger partial charge is 0.282 e. The number of rotatable bonds is 7. The minimum Gasteiger partial charge on any atom is -0.395 e. The van der Waals surface area contributed by atoms with E-state index in [9.17, 15) is 18.3 Å². The highest BCUT2D eigenvalue weighted by Crippen LogP contribution is 2.58. The predicted molar refractivity (Wildman–Crippen MR) is 151 cm³/mol. The number of hydrogen-bond acceptors (Lipinski definition) is 8. The molecule has 1 amide bonds. The molecule has 2 N–H and O–H groups in total. The maximum absolute atomic E-state index is 13.5. The molecule has 5 heterocycles. The second-order valence-corrected chi connectivity index (χ2v) is 15.3. The van der Waals surface area contributed by atoms with Crippen LogP contribution in [-0.2, 0) is 20.4 Å². The SMILES string of the molecule is CC1CCCC1N1C(=O)C2(CC2)c2cnc(NC3CCN(S(=O)(=O)N4CC5(CCCN(CCO)C5)C4)CC3)nc21. The van der Waals surface area contributed by atoms with Crippen molar-refractivity contribution in [2.75, 3.05) is 62.6 Å². The quantitative estimate of drug-likeness (QED) is 0.504. The molecule has 3 saturated heterocycles. The molecule has 2 saturated carbocycles. The molecule has 4 aliphatic heterocycles. The van der Waals surface area contributed by atoms with Gasteiger partial charge in [0.05, 0.1) is 12.0 Å². The summed E-state index contributed by atoms with van der Waals surface area (Å²) in [4.78, 5) is 27.3. The fourth-order valence-corrected chi connectivity index (χ4v) is 10.0. The van der Waals surface area contributed by atoms with Crippen LogP contribution < -0.4 is 10.2 Å². The minimum atomic E-state index is -3.47. The monoisotopic (exact) mass is 573 g/mol. The summed E-state index contributed by atoms with van der Waals surface area (Å²) in [6, 6.07) is 0.304. The Kier molecular flexibility index (Phi) is 6.66. The number of fused-ring (bicyclic) bond motifs is 2. The van der Waals surface area contributed by atoms with E-state index >= 15 is 0 Å². The Morgan fingerprint density at radius 2 is 1.80 bits per heavy atom. The third-order valence-corrected chi connectivity index (χ3v) is 12.6. The first-order chi connectivity index (χ1) is 19.2. The lowest BCUT2D eigenvalue weighted by Gasteiger charge is -2.54. The fourth-order valence-electron chi connectivity index (χ4n) is 8.17. The second-order valence-electron chi connectivity index (χ2n) is 13.4. The molecule has 12 heteroatoms. The predicted octanol–water partition coefficient (Wildman–Crippen LogP) is 1.55. The molecule has 2 unspecified atom stereocenters. The van der Waals surface area contributed by atoms with Gasteiger partial charge in [-0.25, -0.2) is 4.98 Å². The van der Waals surface area contributed by atoms with Crippen LogP contribution in [0.5, 0.6) is 0 Å². The zero-order chi connectivity index (χ0) is 27.7. The molecule has 0 bridgehead atoms. The highest BCUT2D eigenvalue weighted by atomic mass is 32.2. The topological polar surface area (TPSA) is 122 Å². The first-order valence-corrected chi connectivity index (χ1v) is 16.7. The molecule has 2 atom stereocenters. The van der Waals surface area contributed by atoms with Crippen molar-refractivity contribution in [2.24, 2.45) is 11.3 Å². The average Bonchev–Trinajstić information content (AvgIpc) is 3.57. The number of likely N-dealkylation sites (tertiary alicyclic amines) is 1. The third-order valence-electron chi connectivity index (χ3n) is 10.7. The molecule has 40 heavy (non-hydrogen) atoms. The molecular formula is C28H43N7O4S. The number of nitrogens with one attached hydrogen (secondary N) is 1. The molecule has 11 nitrogen and oxygen atoms in total. The van der Waals surface area contributed by atoms with E-state index in [-0.39, 0.29) is 35.4 Å². The summed E-state index contributed by atoms with van der Waals surface area (Å²) in [7, 11) is -3.47. The van der Waals surface area contributed by atoms with Crippen molar-refractivity contribution in [1.82, 2.24) is 23.5 Å². The van der Waals surface area contributed by atoms with Crippen LogP contribution in [0, 0.1) is 11.3 Å². The van der Waals surface area contributed by atoms with Crippen molar-refractivity contribution < 1.29 is 18.3 Å². The molecule has 5 fully saturated rings. The Balaban J connectivity index is 0.975. The van der Waals surface area contributed by atoms with E-state index in [0.29, 0.717) is 57.4 Å². The average molecular weight is 574 g/mol. The molecule has 0 radical (unpaired) electrons. The van der Waals surface area contributed by atoms with E-state index in [1.165, 1.54) is 0 Å². The summed E-state index contributed by atoms with van der Waals surface area (Å²) in [5.74, 6) is 2.02. The summed E-state index contributed by atoms with van der Waals surface area (Å²) in [5, 5.41) is 12.8. The number of piperidine rings is 2. The van der Waals surface area contributed by atoms with Gasteiger partial charge < -0.3 is 15.3 Å². The number of carbonyl (C=O) groups is 1. The molecule has 2 spiro atoms. The zero-order valence-electron chi connectivity index (χ0n) is 23.6. The van der Waals surface area contributed by atoms with E-state index in [2.05, 4.69) is 22.1 Å². The molecule has 7 rings (SSSR count). The number of aromatic nitrogens is 2. The van der Waals surface area contributed by atoms with Crippen LogP contribution >= 0.6 is 0 Å². The van der Waals surface area contributed by atoms with Crippen molar-refractivity contribution in [1.29, 1.82) is 0 Å². The molecule has 2 aliphatic carbocycles. The molecule has 0 aromatic carbocycles. The van der Waals surface area contributed by atoms with E-state index < -0.39 is 10.2 Å². The van der Waals surface area contributed by atoms with Crippen LogP contribution in [0.15, 0.2) is 6.20 Å². The summed E-state index contributed by atoms with van der Waals surface area (Å²) < 4.78 is 30.1. The van der Waals surface area contributed by atoms with Crippen LogP contribution in [0.25, 0.3) is 0 Å². The Hall–Kier alpha value is -1.86. The van der Waals surface area contributed by atoms with Crippen molar-refractivity contribution in [3.05, 3.63) is 11.8 Å². The highest BCUT2D eigenvalue weighted by molar-refractivity contribution is 7.86. The van der Waals surface area contributed by atoms with E-state index in [4.69, 9.17) is 4.98 Å². The minimum absolute atomic E-state index is 0.0376. The van der Waals surface area contributed by atoms with E-state index in [1.807, 2.05) is 11.1 Å². The van der Waals surface area contributed by atoms with Crippen molar-refractivity contribution in [2.45, 2.75) is 82.2 Å². The summed E-state index contributed by atoms with van der Waals surface area (Å²) in [5.41, 5.74) is 0.642. The van der Waals surface area contributed by atoms with Crippen LogP contribution in [0.4, 0.5) is 11.8 Å². The Bertz CT molecular complexity index is 1260. The highest BCUT2D eigenvalue weighted by Gasteiger charge is 2.62. The van der Waals surface area contributed by atoms with Gasteiger partial charge in [-0.05, 0) is 63.8 Å². The van der Waals surface area contributed by atoms with Gasteiger partial charge in [-0.3, -0.25) is 9.69 Å². The van der Waals surface area contributed by atoms with Gasteiger partial charge in [0.15, 0.2) is 0 Å². The standard InChI is InChI=1S/C28H43N7O4S/c1-20-4-2-5-23(20)35-24-22(28(9-10-28)25(35)37)16-29-26(31-24)30-21-6-12-33(13-7-21)40(38,39)34-18-27(19-34)8-3-11-32(17-27)14-15-36/h16,20-21,23,36H,2-15,17-19H2,1H3,(H,29,30,31). The summed E-state index contributed by atoms with van der Waals surface area (Å²) >= 11 is 0. The van der Waals surface area contributed by atoms with Crippen molar-refractivity contribution >= 4 is 27.9 Å². The molecular weight excluding hydrogens is 530 g/mol. The van der Waals surface area contributed by atoms with Gasteiger partial charge in [0.25, 0.3) is 10.2 Å². The normalized spacial score (nSPS) is 30.6. The summed E-state index contributed by atoms with van der Waals surface area (Å²) in [6.07, 6.45) is 10.5. The number of aliphatic hydroxyl groups excluding tert-OH is 1. The number of nitrogens with zero attached hydrogens (tertiary/aromatic N) is 6. The zero-order valence-corrected chi connectivity index (χ0v) is 24.4. The lowest BCUT2D eigenvalue weighted by Crippen LogP contribution is -2.66. The maximum Gasteiger partial charge on any atom is 0.282 e. The van der Waals surface area contributed by atoms with E-state index in [1.54, 1.807) is 8.61 Å². The summed E-state index contributed by atoms with van der Waals surface area (Å²) in [6.45, 7) is 7.01. The number of β-amino-alcohol motifs (C(OH)–C–C–N with tert-alkyl or cyclic N) is 1. The van der Waals surface area contributed by atoms with Crippen molar-refractivity contribution in [3.63, 3.8) is 0 Å². The number of aliphatic hydroxyl groups is 1. The largest absolute Gasteiger partial charge is 0.395 e. The Labute approximate surface area is 237 Å². The van der Waals surface area contributed by atoms with Crippen LogP contribution in [0.2, 0.25) is 0 Å². The van der Waals surface area contributed by atoms with Gasteiger partial charge in [0.2, 0.25) is 11.9 Å². The Morgan fingerprint density at radius 3 is 2.48 bits per heavy atom. The lowest BCUT2D eigenvalue weighted by molar-refractivity contribution is -0.120. The molecule has 6 aliphatic rings. The van der Waals surface area contributed by atoms with Crippen LogP contribution in [0.1, 0.15) is 70.3 Å². The first-order valence-electron chi connectivity index (χ1n) is 15.3. The number of hydrogen-bond donors (Lipinski definition) is 2. The fraction of sp³-hybridized carbons (Fsp3) is 0.821. The van der Waals surface area contributed by atoms with Gasteiger partial charge in [0.1, 0.15) is 5.82 Å². The molecule has 1 aromatic heterocycles. The number of carbonyl (C=O) groups excluding carboxylic acids is 1. The van der Waals surface area contributed by atoms with Gasteiger partial charge >= 0.3 is 0 Å². The van der Waals surface area contributed by atoms with Gasteiger partial charge in [0, 0.05) is 68.5 Å². The number of amides is 1. The van der Waals surface area contributed by atoms with E-state index in [0.717, 1.165) is 69.4 Å². The van der Waals surface area contributed by atoms with Gasteiger partial charge in [-0.1, -0.05) is 13.3 Å². The van der Waals surface area contributed by atoms with Crippen LogP contribution in [-0.4, -0.2) is 107 Å². The third kappa shape index (κ3) is 4.36. The first kappa shape index (κ1) is 27.0.